The maximum absolute atomic E-state index is 12.4. The monoisotopic (exact) mass is 331 g/mol. The second-order valence-corrected chi connectivity index (χ2v) is 6.29. The lowest BCUT2D eigenvalue weighted by molar-refractivity contribution is -0.123. The summed E-state index contributed by atoms with van der Waals surface area (Å²) >= 11 is 1.35. The van der Waals surface area contributed by atoms with E-state index >= 15 is 0 Å². The molecule has 2 aromatic rings. The van der Waals surface area contributed by atoms with Crippen molar-refractivity contribution in [2.45, 2.75) is 25.4 Å². The maximum Gasteiger partial charge on any atom is 0.262 e. The number of hydrogen-bond acceptors (Lipinski definition) is 4. The molecule has 2 rings (SSSR count). The molecule has 1 aromatic heterocycles. The van der Waals surface area contributed by atoms with E-state index in [4.69, 9.17) is 5.73 Å². The van der Waals surface area contributed by atoms with E-state index in [9.17, 15) is 9.59 Å². The number of carbonyl (C=O) groups excluding carboxylic acids is 2. The Labute approximate surface area is 139 Å². The molecular weight excluding hydrogens is 310 g/mol. The molecule has 5 nitrogen and oxygen atoms in total. The molecule has 1 aromatic carbocycles. The van der Waals surface area contributed by atoms with Gasteiger partial charge in [-0.2, -0.15) is 0 Å². The van der Waals surface area contributed by atoms with Crippen LogP contribution in [0.5, 0.6) is 0 Å². The van der Waals surface area contributed by atoms with E-state index in [1.807, 2.05) is 48.7 Å². The number of hydrogen-bond donors (Lipinski definition) is 3. The molecule has 2 amide bonds. The van der Waals surface area contributed by atoms with Crippen LogP contribution < -0.4 is 16.4 Å². The number of rotatable bonds is 7. The first-order valence-corrected chi connectivity index (χ1v) is 8.37. The van der Waals surface area contributed by atoms with E-state index < -0.39 is 6.04 Å². The van der Waals surface area contributed by atoms with Crippen LogP contribution in [-0.2, 0) is 11.2 Å². The predicted octanol–water partition coefficient (Wildman–Crippen LogP) is 1.55. The number of nitrogens with one attached hydrogen (secondary N) is 2. The van der Waals surface area contributed by atoms with Crippen molar-refractivity contribution in [1.82, 2.24) is 10.6 Å². The normalized spacial score (nSPS) is 13.1. The summed E-state index contributed by atoms with van der Waals surface area (Å²) in [7, 11) is 0. The van der Waals surface area contributed by atoms with E-state index in [0.29, 0.717) is 17.8 Å². The third-order valence-corrected chi connectivity index (χ3v) is 4.26. The van der Waals surface area contributed by atoms with Gasteiger partial charge in [0.15, 0.2) is 0 Å². The Morgan fingerprint density at radius 3 is 2.48 bits per heavy atom. The highest BCUT2D eigenvalue weighted by Crippen LogP contribution is 2.10. The fourth-order valence-electron chi connectivity index (χ4n) is 2.10. The molecule has 2 atom stereocenters. The van der Waals surface area contributed by atoms with E-state index in [1.54, 1.807) is 6.07 Å². The van der Waals surface area contributed by atoms with Gasteiger partial charge in [0.2, 0.25) is 5.91 Å². The van der Waals surface area contributed by atoms with Gasteiger partial charge in [0.1, 0.15) is 6.04 Å². The molecule has 0 bridgehead atoms. The Morgan fingerprint density at radius 2 is 1.87 bits per heavy atom. The summed E-state index contributed by atoms with van der Waals surface area (Å²) < 4.78 is 0. The fourth-order valence-corrected chi connectivity index (χ4v) is 2.73. The topological polar surface area (TPSA) is 84.2 Å². The minimum atomic E-state index is -0.638. The summed E-state index contributed by atoms with van der Waals surface area (Å²) in [5, 5.41) is 7.47. The molecule has 4 N–H and O–H groups in total. The summed E-state index contributed by atoms with van der Waals surface area (Å²) in [4.78, 5) is 25.3. The van der Waals surface area contributed by atoms with Gasteiger partial charge in [0, 0.05) is 19.0 Å². The summed E-state index contributed by atoms with van der Waals surface area (Å²) in [5.74, 6) is -0.465. The van der Waals surface area contributed by atoms with E-state index in [2.05, 4.69) is 10.6 Å². The van der Waals surface area contributed by atoms with Crippen LogP contribution in [0.25, 0.3) is 0 Å². The number of amides is 2. The van der Waals surface area contributed by atoms with Crippen LogP contribution in [0.15, 0.2) is 47.8 Å². The highest BCUT2D eigenvalue weighted by atomic mass is 32.1. The lowest BCUT2D eigenvalue weighted by Gasteiger charge is -2.20. The number of thiophene rings is 1. The molecule has 0 aliphatic rings. The standard InChI is InChI=1S/C17H21N3O2S/c1-12(11-18)19-16(21)14(10-13-6-3-2-4-7-13)20-17(22)15-8-5-9-23-15/h2-9,12,14H,10-11,18H2,1H3,(H,19,21)(H,20,22)/t12-,14?/m0/s1. The molecule has 1 unspecified atom stereocenters. The second kappa shape index (κ2) is 8.45. The maximum atomic E-state index is 12.4. The summed E-state index contributed by atoms with van der Waals surface area (Å²) in [6, 6.07) is 12.4. The molecule has 0 aliphatic carbocycles. The van der Waals surface area contributed by atoms with Crippen molar-refractivity contribution in [2.24, 2.45) is 5.73 Å². The summed E-state index contributed by atoms with van der Waals surface area (Å²) in [6.07, 6.45) is 0.432. The van der Waals surface area contributed by atoms with Crippen LogP contribution in [0.2, 0.25) is 0 Å². The molecule has 1 heterocycles. The van der Waals surface area contributed by atoms with E-state index in [1.165, 1.54) is 11.3 Å². The molecule has 23 heavy (non-hydrogen) atoms. The van der Waals surface area contributed by atoms with Gasteiger partial charge in [-0.3, -0.25) is 9.59 Å². The average molecular weight is 331 g/mol. The van der Waals surface area contributed by atoms with Crippen LogP contribution in [0.3, 0.4) is 0 Å². The minimum Gasteiger partial charge on any atom is -0.351 e. The highest BCUT2D eigenvalue weighted by molar-refractivity contribution is 7.12. The zero-order valence-corrected chi connectivity index (χ0v) is 13.8. The summed E-state index contributed by atoms with van der Waals surface area (Å²) in [5.41, 5.74) is 6.54. The first-order valence-electron chi connectivity index (χ1n) is 7.49. The smallest absolute Gasteiger partial charge is 0.262 e. The Balaban J connectivity index is 2.10. The molecule has 0 spiro atoms. The van der Waals surface area contributed by atoms with Gasteiger partial charge in [0.05, 0.1) is 4.88 Å². The van der Waals surface area contributed by atoms with E-state index in [-0.39, 0.29) is 17.9 Å². The van der Waals surface area contributed by atoms with Crippen molar-refractivity contribution in [2.75, 3.05) is 6.54 Å². The minimum absolute atomic E-state index is 0.139. The lowest BCUT2D eigenvalue weighted by atomic mass is 10.0. The van der Waals surface area contributed by atoms with Gasteiger partial charge in [-0.25, -0.2) is 0 Å². The molecule has 6 heteroatoms. The largest absolute Gasteiger partial charge is 0.351 e. The summed E-state index contributed by atoms with van der Waals surface area (Å²) in [6.45, 7) is 2.18. The fraction of sp³-hybridized carbons (Fsp3) is 0.294. The number of carbonyl (C=O) groups is 2. The van der Waals surface area contributed by atoms with Crippen molar-refractivity contribution in [3.8, 4) is 0 Å². The zero-order chi connectivity index (χ0) is 16.7. The van der Waals surface area contributed by atoms with Crippen LogP contribution in [0.1, 0.15) is 22.2 Å². The molecular formula is C17H21N3O2S. The lowest BCUT2D eigenvalue weighted by Crippen LogP contribution is -2.51. The SMILES string of the molecule is C[C@@H](CN)NC(=O)C(Cc1ccccc1)NC(=O)c1cccs1. The molecule has 0 radical (unpaired) electrons. The van der Waals surface area contributed by atoms with Gasteiger partial charge in [-0.05, 0) is 23.9 Å². The Hall–Kier alpha value is -2.18. The van der Waals surface area contributed by atoms with Crippen molar-refractivity contribution < 1.29 is 9.59 Å². The van der Waals surface area contributed by atoms with Gasteiger partial charge in [0.25, 0.3) is 5.91 Å². The zero-order valence-electron chi connectivity index (χ0n) is 13.0. The molecule has 0 saturated carbocycles. The molecule has 0 fully saturated rings. The Morgan fingerprint density at radius 1 is 1.13 bits per heavy atom. The highest BCUT2D eigenvalue weighted by Gasteiger charge is 2.23. The van der Waals surface area contributed by atoms with Gasteiger partial charge >= 0.3 is 0 Å². The Kier molecular flexibility index (Phi) is 6.31. The average Bonchev–Trinajstić information content (AvgIpc) is 3.09. The van der Waals surface area contributed by atoms with Gasteiger partial charge in [-0.1, -0.05) is 36.4 Å². The van der Waals surface area contributed by atoms with Crippen molar-refractivity contribution >= 4 is 23.2 Å². The van der Waals surface area contributed by atoms with Crippen molar-refractivity contribution in [3.63, 3.8) is 0 Å². The van der Waals surface area contributed by atoms with Crippen LogP contribution in [0.4, 0.5) is 0 Å². The molecule has 0 saturated heterocycles. The third-order valence-electron chi connectivity index (χ3n) is 3.39. The Bertz CT molecular complexity index is 629. The second-order valence-electron chi connectivity index (χ2n) is 5.34. The van der Waals surface area contributed by atoms with Gasteiger partial charge in [-0.15, -0.1) is 11.3 Å². The molecule has 0 aliphatic heterocycles. The predicted molar refractivity (Wildman–Crippen MR) is 92.4 cm³/mol. The quantitative estimate of drug-likeness (QED) is 0.720. The molecule has 122 valence electrons. The van der Waals surface area contributed by atoms with Crippen molar-refractivity contribution in [1.29, 1.82) is 0 Å². The number of benzene rings is 1. The van der Waals surface area contributed by atoms with Crippen LogP contribution >= 0.6 is 11.3 Å². The van der Waals surface area contributed by atoms with Gasteiger partial charge < -0.3 is 16.4 Å². The van der Waals surface area contributed by atoms with Crippen LogP contribution in [0, 0.1) is 0 Å². The number of nitrogens with two attached hydrogens (primary N) is 1. The first-order chi connectivity index (χ1) is 11.1. The third kappa shape index (κ3) is 5.19. The van der Waals surface area contributed by atoms with Crippen molar-refractivity contribution in [3.05, 3.63) is 58.3 Å². The first kappa shape index (κ1) is 17.2. The van der Waals surface area contributed by atoms with Crippen LogP contribution in [-0.4, -0.2) is 30.4 Å². The van der Waals surface area contributed by atoms with E-state index in [0.717, 1.165) is 5.56 Å².